The number of fused-ring (bicyclic) bond motifs is 12. The molecule has 5 heterocycles. The van der Waals surface area contributed by atoms with E-state index in [2.05, 4.69) is 196 Å². The third kappa shape index (κ3) is 4.16. The van der Waals surface area contributed by atoms with Gasteiger partial charge in [0.1, 0.15) is 0 Å². The molecule has 0 aliphatic heterocycles. The van der Waals surface area contributed by atoms with Crippen LogP contribution in [0.25, 0.3) is 116 Å². The highest BCUT2D eigenvalue weighted by Crippen LogP contribution is 2.43. The molecule has 6 nitrogen and oxygen atoms in total. The lowest BCUT2D eigenvalue weighted by atomic mass is 9.99. The third-order valence-corrected chi connectivity index (χ3v) is 11.8. The maximum absolute atomic E-state index is 5.34. The molecule has 0 saturated carbocycles. The van der Waals surface area contributed by atoms with E-state index in [-0.39, 0.29) is 0 Å². The van der Waals surface area contributed by atoms with Crippen LogP contribution in [0.2, 0.25) is 0 Å². The lowest BCUT2D eigenvalue weighted by molar-refractivity contribution is 0.893. The number of rotatable bonds is 4. The number of hydrogen-bond acceptors (Lipinski definition) is 3. The zero-order chi connectivity index (χ0) is 37.2. The highest BCUT2D eigenvalue weighted by atomic mass is 15.3. The molecule has 0 radical (unpaired) electrons. The van der Waals surface area contributed by atoms with E-state index >= 15 is 0 Å². The van der Waals surface area contributed by atoms with Gasteiger partial charge in [0.25, 0.3) is 0 Å². The Morgan fingerprint density at radius 2 is 0.684 bits per heavy atom. The quantitative estimate of drug-likeness (QED) is 0.181. The van der Waals surface area contributed by atoms with Gasteiger partial charge in [0.2, 0.25) is 11.9 Å². The van der Waals surface area contributed by atoms with Gasteiger partial charge in [-0.15, -0.1) is 0 Å². The van der Waals surface area contributed by atoms with Crippen LogP contribution in [0.5, 0.6) is 0 Å². The Bertz CT molecular complexity index is 3530. The van der Waals surface area contributed by atoms with Crippen molar-refractivity contribution < 1.29 is 0 Å². The molecule has 13 rings (SSSR count). The van der Waals surface area contributed by atoms with Crippen LogP contribution >= 0.6 is 0 Å². The summed E-state index contributed by atoms with van der Waals surface area (Å²) in [6, 6.07) is 64.7. The Morgan fingerprint density at radius 1 is 0.298 bits per heavy atom. The molecule has 0 aliphatic carbocycles. The van der Waals surface area contributed by atoms with Crippen molar-refractivity contribution in [3.63, 3.8) is 0 Å². The van der Waals surface area contributed by atoms with Gasteiger partial charge in [-0.3, -0.25) is 9.13 Å². The van der Waals surface area contributed by atoms with E-state index in [0.717, 1.165) is 60.3 Å². The van der Waals surface area contributed by atoms with Crippen molar-refractivity contribution in [2.75, 3.05) is 0 Å². The average molecular weight is 727 g/mol. The van der Waals surface area contributed by atoms with Crippen LogP contribution in [-0.2, 0) is 0 Å². The molecule has 6 heteroatoms. The first-order valence-corrected chi connectivity index (χ1v) is 19.3. The standard InChI is InChI=1S/C51H30N6/c1-6-25-42-34(16-1)35-17-2-7-26-43(35)55(42)50-52-49(53-51(54-50)56-44-27-8-3-18-36(44)37-19-4-9-28-45(37)56)32-15-11-14-31(30-32)33-21-12-23-40-41-24-13-22-39-38-20-5-10-29-46(38)57(47(33)40)48(39)41/h1-30H. The Labute approximate surface area is 325 Å². The first kappa shape index (κ1) is 30.5. The summed E-state index contributed by atoms with van der Waals surface area (Å²) in [5.41, 5.74) is 11.0. The molecule has 0 amide bonds. The first-order chi connectivity index (χ1) is 28.3. The predicted molar refractivity (Wildman–Crippen MR) is 234 cm³/mol. The second-order valence-corrected chi connectivity index (χ2v) is 14.8. The van der Waals surface area contributed by atoms with Crippen molar-refractivity contribution >= 4 is 81.7 Å². The van der Waals surface area contributed by atoms with Crippen LogP contribution in [0.4, 0.5) is 0 Å². The topological polar surface area (TPSA) is 52.9 Å². The highest BCUT2D eigenvalue weighted by molar-refractivity contribution is 6.25. The average Bonchev–Trinajstić information content (AvgIpc) is 4.01. The molecule has 0 atom stereocenters. The summed E-state index contributed by atoms with van der Waals surface area (Å²) in [4.78, 5) is 16.0. The Balaban J connectivity index is 1.10. The highest BCUT2D eigenvalue weighted by Gasteiger charge is 2.22. The van der Waals surface area contributed by atoms with Crippen molar-refractivity contribution in [3.05, 3.63) is 182 Å². The maximum atomic E-state index is 5.34. The predicted octanol–water partition coefficient (Wildman–Crippen LogP) is 12.5. The summed E-state index contributed by atoms with van der Waals surface area (Å²) < 4.78 is 6.82. The van der Waals surface area contributed by atoms with E-state index in [9.17, 15) is 0 Å². The molecule has 57 heavy (non-hydrogen) atoms. The van der Waals surface area contributed by atoms with Gasteiger partial charge in [0, 0.05) is 54.2 Å². The van der Waals surface area contributed by atoms with Crippen LogP contribution in [0, 0.1) is 0 Å². The Morgan fingerprint density at radius 3 is 1.23 bits per heavy atom. The second kappa shape index (κ2) is 11.4. The SMILES string of the molecule is c1cc(-c2nc(-n3c4ccccc4c4ccccc43)nc(-n3c4ccccc4c4ccccc43)n2)cc(-c2cccc3c4cccc5c6ccccc6n(c23)c54)c1. The molecule has 0 saturated heterocycles. The van der Waals surface area contributed by atoms with Gasteiger partial charge >= 0.3 is 0 Å². The molecule has 264 valence electrons. The van der Waals surface area contributed by atoms with Gasteiger partial charge in [0.05, 0.1) is 38.6 Å². The largest absolute Gasteiger partial charge is 0.307 e. The lowest BCUT2D eigenvalue weighted by Gasteiger charge is -2.13. The zero-order valence-corrected chi connectivity index (χ0v) is 30.5. The number of hydrogen-bond donors (Lipinski definition) is 0. The minimum Gasteiger partial charge on any atom is -0.307 e. The van der Waals surface area contributed by atoms with Crippen LogP contribution in [0.1, 0.15) is 0 Å². The fourth-order valence-corrected chi connectivity index (χ4v) is 9.49. The van der Waals surface area contributed by atoms with Crippen LogP contribution in [0.3, 0.4) is 0 Å². The van der Waals surface area contributed by atoms with E-state index in [1.54, 1.807) is 0 Å². The molecule has 0 fully saturated rings. The van der Waals surface area contributed by atoms with Crippen LogP contribution in [-0.4, -0.2) is 28.5 Å². The summed E-state index contributed by atoms with van der Waals surface area (Å²) in [6.45, 7) is 0. The van der Waals surface area contributed by atoms with Crippen molar-refractivity contribution in [1.82, 2.24) is 28.5 Å². The van der Waals surface area contributed by atoms with Crippen LogP contribution in [0.15, 0.2) is 182 Å². The smallest absolute Gasteiger partial charge is 0.240 e. The monoisotopic (exact) mass is 726 g/mol. The van der Waals surface area contributed by atoms with Gasteiger partial charge in [-0.2, -0.15) is 15.0 Å². The second-order valence-electron chi connectivity index (χ2n) is 14.8. The number of para-hydroxylation sites is 7. The molecule has 8 aromatic carbocycles. The molecular formula is C51H30N6. The number of aromatic nitrogens is 6. The summed E-state index contributed by atoms with van der Waals surface area (Å²) in [5.74, 6) is 1.74. The summed E-state index contributed by atoms with van der Waals surface area (Å²) in [6.07, 6.45) is 0. The molecule has 0 N–H and O–H groups in total. The maximum Gasteiger partial charge on any atom is 0.240 e. The fourth-order valence-electron chi connectivity index (χ4n) is 9.49. The van der Waals surface area contributed by atoms with Gasteiger partial charge in [-0.25, -0.2) is 0 Å². The molecule has 5 aromatic heterocycles. The summed E-state index contributed by atoms with van der Waals surface area (Å²) >= 11 is 0. The van der Waals surface area contributed by atoms with E-state index in [4.69, 9.17) is 15.0 Å². The molecule has 0 spiro atoms. The van der Waals surface area contributed by atoms with Gasteiger partial charge < -0.3 is 4.40 Å². The third-order valence-electron chi connectivity index (χ3n) is 11.8. The van der Waals surface area contributed by atoms with Crippen molar-refractivity contribution in [3.8, 4) is 34.4 Å². The van der Waals surface area contributed by atoms with E-state index < -0.39 is 0 Å². The van der Waals surface area contributed by atoms with Gasteiger partial charge in [0.15, 0.2) is 5.82 Å². The molecule has 0 unspecified atom stereocenters. The van der Waals surface area contributed by atoms with Crippen molar-refractivity contribution in [1.29, 1.82) is 0 Å². The van der Waals surface area contributed by atoms with Gasteiger partial charge in [-0.05, 0) is 42.0 Å². The Hall–Kier alpha value is -7.83. The minimum absolute atomic E-state index is 0.567. The molecule has 0 aliphatic rings. The first-order valence-electron chi connectivity index (χ1n) is 19.3. The zero-order valence-electron chi connectivity index (χ0n) is 30.5. The number of nitrogens with zero attached hydrogens (tertiary/aromatic N) is 6. The molecule has 13 aromatic rings. The normalized spacial score (nSPS) is 12.2. The Kier molecular flexibility index (Phi) is 6.07. The van der Waals surface area contributed by atoms with E-state index in [0.29, 0.717) is 17.7 Å². The fraction of sp³-hybridized carbons (Fsp3) is 0. The van der Waals surface area contributed by atoms with Crippen molar-refractivity contribution in [2.24, 2.45) is 0 Å². The number of benzene rings is 8. The lowest BCUT2D eigenvalue weighted by Crippen LogP contribution is -2.10. The summed E-state index contributed by atoms with van der Waals surface area (Å²) in [5, 5.41) is 9.67. The van der Waals surface area contributed by atoms with E-state index in [1.807, 2.05) is 0 Å². The van der Waals surface area contributed by atoms with Gasteiger partial charge in [-0.1, -0.05) is 146 Å². The van der Waals surface area contributed by atoms with Crippen LogP contribution < -0.4 is 0 Å². The molecular weight excluding hydrogens is 697 g/mol. The minimum atomic E-state index is 0.567. The van der Waals surface area contributed by atoms with E-state index in [1.165, 1.54) is 38.1 Å². The summed E-state index contributed by atoms with van der Waals surface area (Å²) in [7, 11) is 0. The van der Waals surface area contributed by atoms with Crippen molar-refractivity contribution in [2.45, 2.75) is 0 Å². The molecule has 0 bridgehead atoms.